The molecule has 1 saturated carbocycles. The molecule has 1 heterocycles. The Labute approximate surface area is 175 Å². The van der Waals surface area contributed by atoms with Crippen LogP contribution in [0.1, 0.15) is 48.9 Å². The highest BCUT2D eigenvalue weighted by Gasteiger charge is 2.15. The molecule has 5 nitrogen and oxygen atoms in total. The maximum atomic E-state index is 13.0. The van der Waals surface area contributed by atoms with Crippen molar-refractivity contribution in [3.8, 4) is 11.3 Å². The molecule has 1 fully saturated rings. The molecule has 1 aromatic heterocycles. The van der Waals surface area contributed by atoms with Crippen molar-refractivity contribution in [1.29, 1.82) is 0 Å². The second-order valence-corrected chi connectivity index (χ2v) is 7.68. The topological polar surface area (TPSA) is 66.9 Å². The van der Waals surface area contributed by atoms with E-state index >= 15 is 0 Å². The molecule has 4 rings (SSSR count). The van der Waals surface area contributed by atoms with Crippen molar-refractivity contribution in [2.75, 3.05) is 5.32 Å². The van der Waals surface area contributed by atoms with Crippen molar-refractivity contribution in [2.45, 2.75) is 44.6 Å². The number of carbonyl (C=O) groups excluding carboxylic acids is 1. The highest BCUT2D eigenvalue weighted by atomic mass is 19.1. The van der Waals surface area contributed by atoms with Crippen LogP contribution in [0.4, 0.5) is 15.9 Å². The average Bonchev–Trinajstić information content (AvgIpc) is 3.04. The van der Waals surface area contributed by atoms with Gasteiger partial charge in [0.15, 0.2) is 5.82 Å². The molecule has 6 heteroatoms. The Bertz CT molecular complexity index is 964. The van der Waals surface area contributed by atoms with Gasteiger partial charge in [0.2, 0.25) is 0 Å². The summed E-state index contributed by atoms with van der Waals surface area (Å²) in [5.74, 6) is 0.296. The van der Waals surface area contributed by atoms with Crippen LogP contribution in [0.5, 0.6) is 0 Å². The number of hydrogen-bond donors (Lipinski definition) is 2. The van der Waals surface area contributed by atoms with E-state index in [9.17, 15) is 9.18 Å². The second-order valence-electron chi connectivity index (χ2n) is 7.68. The zero-order valence-electron chi connectivity index (χ0n) is 16.8. The van der Waals surface area contributed by atoms with Gasteiger partial charge in [-0.3, -0.25) is 4.79 Å². The Morgan fingerprint density at radius 1 is 0.833 bits per heavy atom. The lowest BCUT2D eigenvalue weighted by molar-refractivity contribution is 0.0933. The molecule has 1 aliphatic rings. The van der Waals surface area contributed by atoms with E-state index in [1.807, 2.05) is 36.4 Å². The molecule has 154 valence electrons. The third kappa shape index (κ3) is 5.20. The molecule has 0 spiro atoms. The fourth-order valence-corrected chi connectivity index (χ4v) is 3.72. The summed E-state index contributed by atoms with van der Waals surface area (Å²) in [7, 11) is 0. The third-order valence-corrected chi connectivity index (χ3v) is 5.41. The smallest absolute Gasteiger partial charge is 0.251 e. The van der Waals surface area contributed by atoms with Gasteiger partial charge in [-0.2, -0.15) is 0 Å². The number of amides is 1. The van der Waals surface area contributed by atoms with Gasteiger partial charge in [-0.15, -0.1) is 10.2 Å². The van der Waals surface area contributed by atoms with Crippen molar-refractivity contribution in [3.63, 3.8) is 0 Å². The fraction of sp³-hybridized carbons (Fsp3) is 0.292. The number of anilines is 2. The van der Waals surface area contributed by atoms with E-state index in [0.29, 0.717) is 17.1 Å². The number of halogens is 1. The number of nitrogens with zero attached hydrogens (tertiary/aromatic N) is 2. The number of rotatable bonds is 5. The predicted molar refractivity (Wildman–Crippen MR) is 116 cm³/mol. The molecule has 0 radical (unpaired) electrons. The van der Waals surface area contributed by atoms with E-state index in [2.05, 4.69) is 20.8 Å². The Morgan fingerprint density at radius 2 is 1.53 bits per heavy atom. The van der Waals surface area contributed by atoms with Crippen LogP contribution in [0.2, 0.25) is 0 Å². The van der Waals surface area contributed by atoms with Crippen LogP contribution in [0, 0.1) is 5.82 Å². The van der Waals surface area contributed by atoms with Crippen LogP contribution >= 0.6 is 0 Å². The van der Waals surface area contributed by atoms with Gasteiger partial charge in [-0.1, -0.05) is 25.7 Å². The predicted octanol–water partition coefficient (Wildman–Crippen LogP) is 5.48. The molecule has 2 N–H and O–H groups in total. The summed E-state index contributed by atoms with van der Waals surface area (Å²) in [5.41, 5.74) is 2.96. The van der Waals surface area contributed by atoms with E-state index < -0.39 is 0 Å². The number of hydrogen-bond acceptors (Lipinski definition) is 4. The van der Waals surface area contributed by atoms with Crippen LogP contribution in [0.15, 0.2) is 60.7 Å². The van der Waals surface area contributed by atoms with Crippen molar-refractivity contribution in [3.05, 3.63) is 72.0 Å². The first-order valence-corrected chi connectivity index (χ1v) is 10.4. The molecular weight excluding hydrogens is 379 g/mol. The standard InChI is InChI=1S/C24H25FN4O/c25-19-11-7-17(8-12-19)22-15-16-23(29-28-22)26-21-13-9-18(10-14-21)24(30)27-20-5-3-1-2-4-6-20/h7-16,20H,1-6H2,(H,26,29)(H,27,30). The highest BCUT2D eigenvalue weighted by Crippen LogP contribution is 2.21. The minimum Gasteiger partial charge on any atom is -0.349 e. The van der Waals surface area contributed by atoms with E-state index in [1.165, 1.54) is 37.8 Å². The Kier molecular flexibility index (Phi) is 6.32. The molecule has 0 unspecified atom stereocenters. The van der Waals surface area contributed by atoms with Gasteiger partial charge in [-0.05, 0) is 73.5 Å². The molecule has 0 atom stereocenters. The second kappa shape index (κ2) is 9.48. The number of carbonyl (C=O) groups is 1. The van der Waals surface area contributed by atoms with Crippen molar-refractivity contribution in [2.24, 2.45) is 0 Å². The average molecular weight is 404 g/mol. The van der Waals surface area contributed by atoms with E-state index in [4.69, 9.17) is 0 Å². The van der Waals surface area contributed by atoms with Crippen molar-refractivity contribution < 1.29 is 9.18 Å². The third-order valence-electron chi connectivity index (χ3n) is 5.41. The van der Waals surface area contributed by atoms with Crippen molar-refractivity contribution in [1.82, 2.24) is 15.5 Å². The van der Waals surface area contributed by atoms with E-state index in [0.717, 1.165) is 24.1 Å². The lowest BCUT2D eigenvalue weighted by atomic mass is 10.1. The molecule has 0 aliphatic heterocycles. The summed E-state index contributed by atoms with van der Waals surface area (Å²) >= 11 is 0. The quantitative estimate of drug-likeness (QED) is 0.553. The lowest BCUT2D eigenvalue weighted by Gasteiger charge is -2.16. The van der Waals surface area contributed by atoms with Gasteiger partial charge in [0.25, 0.3) is 5.91 Å². The normalized spacial score (nSPS) is 14.7. The number of aromatic nitrogens is 2. The minimum absolute atomic E-state index is 0.0168. The molecule has 0 saturated heterocycles. The number of nitrogens with one attached hydrogen (secondary N) is 2. The van der Waals surface area contributed by atoms with Crippen LogP contribution in [0.3, 0.4) is 0 Å². The van der Waals surface area contributed by atoms with Gasteiger partial charge in [-0.25, -0.2) is 4.39 Å². The zero-order valence-corrected chi connectivity index (χ0v) is 16.8. The highest BCUT2D eigenvalue weighted by molar-refractivity contribution is 5.94. The van der Waals surface area contributed by atoms with Crippen LogP contribution in [-0.2, 0) is 0 Å². The first kappa shape index (κ1) is 20.0. The molecular formula is C24H25FN4O. The SMILES string of the molecule is O=C(NC1CCCCCC1)c1ccc(Nc2ccc(-c3ccc(F)cc3)nn2)cc1. The van der Waals surface area contributed by atoms with Gasteiger partial charge in [0.1, 0.15) is 5.82 Å². The molecule has 0 bridgehead atoms. The number of benzene rings is 2. The maximum Gasteiger partial charge on any atom is 0.251 e. The Hall–Kier alpha value is -3.28. The first-order chi connectivity index (χ1) is 14.7. The summed E-state index contributed by atoms with van der Waals surface area (Å²) in [5, 5.41) is 14.7. The minimum atomic E-state index is -0.281. The fourth-order valence-electron chi connectivity index (χ4n) is 3.72. The van der Waals surface area contributed by atoms with Gasteiger partial charge < -0.3 is 10.6 Å². The first-order valence-electron chi connectivity index (χ1n) is 10.4. The monoisotopic (exact) mass is 404 g/mol. The largest absolute Gasteiger partial charge is 0.349 e. The van der Waals surface area contributed by atoms with Gasteiger partial charge in [0, 0.05) is 22.9 Å². The zero-order chi connectivity index (χ0) is 20.8. The maximum absolute atomic E-state index is 13.0. The van der Waals surface area contributed by atoms with E-state index in [1.54, 1.807) is 12.1 Å². The van der Waals surface area contributed by atoms with Crippen LogP contribution in [-0.4, -0.2) is 22.1 Å². The van der Waals surface area contributed by atoms with Crippen LogP contribution < -0.4 is 10.6 Å². The molecule has 2 aromatic carbocycles. The summed E-state index contributed by atoms with van der Waals surface area (Å²) in [4.78, 5) is 12.5. The molecule has 30 heavy (non-hydrogen) atoms. The Balaban J connectivity index is 1.36. The summed E-state index contributed by atoms with van der Waals surface area (Å²) in [6.07, 6.45) is 7.04. The molecule has 1 amide bonds. The summed E-state index contributed by atoms with van der Waals surface area (Å²) < 4.78 is 13.0. The summed E-state index contributed by atoms with van der Waals surface area (Å²) in [6.45, 7) is 0. The van der Waals surface area contributed by atoms with E-state index in [-0.39, 0.29) is 17.8 Å². The van der Waals surface area contributed by atoms with Gasteiger partial charge >= 0.3 is 0 Å². The lowest BCUT2D eigenvalue weighted by Crippen LogP contribution is -2.34. The van der Waals surface area contributed by atoms with Crippen molar-refractivity contribution >= 4 is 17.4 Å². The van der Waals surface area contributed by atoms with Gasteiger partial charge in [0.05, 0.1) is 5.69 Å². The summed E-state index contributed by atoms with van der Waals surface area (Å²) in [6, 6.07) is 17.4. The van der Waals surface area contributed by atoms with Crippen LogP contribution in [0.25, 0.3) is 11.3 Å². The molecule has 1 aliphatic carbocycles. The molecule has 3 aromatic rings. The Morgan fingerprint density at radius 3 is 2.17 bits per heavy atom.